The molecule has 0 aliphatic carbocycles. The van der Waals surface area contributed by atoms with Gasteiger partial charge in [0.25, 0.3) is 0 Å². The third-order valence-corrected chi connectivity index (χ3v) is 4.10. The summed E-state index contributed by atoms with van der Waals surface area (Å²) in [5.41, 5.74) is 1.03. The minimum atomic E-state index is -0.390. The molecule has 0 bridgehead atoms. The lowest BCUT2D eigenvalue weighted by molar-refractivity contribution is 0.200. The lowest BCUT2D eigenvalue weighted by Crippen LogP contribution is -2.08. The van der Waals surface area contributed by atoms with Gasteiger partial charge in [-0.3, -0.25) is 0 Å². The molecule has 0 saturated heterocycles. The van der Waals surface area contributed by atoms with Crippen molar-refractivity contribution in [1.82, 2.24) is 24.7 Å². The quantitative estimate of drug-likeness (QED) is 0.683. The number of aromatic nitrogens is 5. The molecular weight excluding hydrogens is 359 g/mol. The summed E-state index contributed by atoms with van der Waals surface area (Å²) in [5.74, 6) is 1.24. The fourth-order valence-corrected chi connectivity index (χ4v) is 2.64. The molecule has 2 heterocycles. The highest BCUT2D eigenvalue weighted by Crippen LogP contribution is 2.23. The third-order valence-electron chi connectivity index (χ3n) is 3.75. The predicted molar refractivity (Wildman–Crippen MR) is 96.7 cm³/mol. The number of rotatable bonds is 7. The Morgan fingerprint density at radius 2 is 2.04 bits per heavy atom. The normalized spacial score (nSPS) is 10.9. The summed E-state index contributed by atoms with van der Waals surface area (Å²) < 4.78 is 20.9. The molecule has 3 aromatic rings. The van der Waals surface area contributed by atoms with E-state index in [1.807, 2.05) is 0 Å². The Hall–Kier alpha value is -2.58. The van der Waals surface area contributed by atoms with Crippen LogP contribution in [-0.4, -0.2) is 45.5 Å². The number of nitrogens with zero attached hydrogens (tertiary/aromatic N) is 5. The van der Waals surface area contributed by atoms with E-state index >= 15 is 0 Å². The van der Waals surface area contributed by atoms with Crippen LogP contribution < -0.4 is 5.32 Å². The van der Waals surface area contributed by atoms with Gasteiger partial charge in [-0.2, -0.15) is 5.10 Å². The summed E-state index contributed by atoms with van der Waals surface area (Å²) >= 11 is 6.15. The van der Waals surface area contributed by atoms with Crippen LogP contribution in [0.2, 0.25) is 5.02 Å². The maximum atomic E-state index is 14.2. The van der Waals surface area contributed by atoms with Gasteiger partial charge < -0.3 is 10.1 Å². The van der Waals surface area contributed by atoms with E-state index in [-0.39, 0.29) is 12.4 Å². The van der Waals surface area contributed by atoms with Gasteiger partial charge in [-0.05, 0) is 12.1 Å². The van der Waals surface area contributed by atoms with Gasteiger partial charge in [0.2, 0.25) is 5.95 Å². The fraction of sp³-hybridized carbons (Fsp3) is 0.294. The maximum Gasteiger partial charge on any atom is 0.222 e. The predicted octanol–water partition coefficient (Wildman–Crippen LogP) is 2.81. The number of benzene rings is 1. The first-order valence-electron chi connectivity index (χ1n) is 7.98. The summed E-state index contributed by atoms with van der Waals surface area (Å²) in [4.78, 5) is 12.9. The molecular formula is C17H18ClFN6O. The van der Waals surface area contributed by atoms with Crippen LogP contribution in [0.15, 0.2) is 30.6 Å². The van der Waals surface area contributed by atoms with Crippen LogP contribution in [-0.2, 0) is 17.7 Å². The van der Waals surface area contributed by atoms with Gasteiger partial charge >= 0.3 is 0 Å². The van der Waals surface area contributed by atoms with Crippen molar-refractivity contribution in [2.24, 2.45) is 0 Å². The van der Waals surface area contributed by atoms with Crippen LogP contribution in [0.4, 0.5) is 10.3 Å². The average Bonchev–Trinajstić information content (AvgIpc) is 3.06. The molecule has 0 amide bonds. The van der Waals surface area contributed by atoms with Crippen molar-refractivity contribution in [1.29, 1.82) is 0 Å². The molecule has 9 heteroatoms. The zero-order valence-corrected chi connectivity index (χ0v) is 15.2. The number of nitrogens with one attached hydrogen (secondary N) is 1. The standard InChI is InChI=1S/C17H18ClFN6O/c1-20-17-21-8-11(9-22-17)16-23-15(6-7-26-2)24-25(16)10-12-13(18)4-3-5-14(12)19/h3-5,8-9H,6-7,10H2,1-2H3,(H,20,21,22). The topological polar surface area (TPSA) is 77.8 Å². The second kappa shape index (κ2) is 8.20. The Kier molecular flexibility index (Phi) is 5.75. The van der Waals surface area contributed by atoms with Crippen LogP contribution in [0.3, 0.4) is 0 Å². The minimum Gasteiger partial charge on any atom is -0.384 e. The Bertz CT molecular complexity index is 863. The largest absolute Gasteiger partial charge is 0.384 e. The first kappa shape index (κ1) is 18.2. The molecule has 0 atom stereocenters. The van der Waals surface area contributed by atoms with Crippen molar-refractivity contribution in [2.75, 3.05) is 26.1 Å². The highest BCUT2D eigenvalue weighted by molar-refractivity contribution is 6.31. The Morgan fingerprint density at radius 3 is 2.69 bits per heavy atom. The molecule has 0 spiro atoms. The van der Waals surface area contributed by atoms with Gasteiger partial charge in [-0.25, -0.2) is 24.0 Å². The zero-order chi connectivity index (χ0) is 18.5. The fourth-order valence-electron chi connectivity index (χ4n) is 2.42. The van der Waals surface area contributed by atoms with Crippen LogP contribution in [0.1, 0.15) is 11.4 Å². The summed E-state index contributed by atoms with van der Waals surface area (Å²) in [7, 11) is 3.35. The Balaban J connectivity index is 2.00. The molecule has 0 aliphatic heterocycles. The monoisotopic (exact) mass is 376 g/mol. The van der Waals surface area contributed by atoms with Gasteiger partial charge in [0.15, 0.2) is 11.6 Å². The lowest BCUT2D eigenvalue weighted by atomic mass is 10.2. The number of anilines is 1. The SMILES string of the molecule is CNc1ncc(-c2nc(CCOC)nn2Cc2c(F)cccc2Cl)cn1. The van der Waals surface area contributed by atoms with Crippen LogP contribution in [0.5, 0.6) is 0 Å². The van der Waals surface area contributed by atoms with Gasteiger partial charge in [0.05, 0.1) is 18.7 Å². The number of hydrogen-bond donors (Lipinski definition) is 1. The molecule has 26 heavy (non-hydrogen) atoms. The van der Waals surface area contributed by atoms with Crippen LogP contribution in [0.25, 0.3) is 11.4 Å². The first-order chi connectivity index (χ1) is 12.6. The third kappa shape index (κ3) is 3.97. The van der Waals surface area contributed by atoms with E-state index in [0.717, 1.165) is 0 Å². The van der Waals surface area contributed by atoms with Crippen molar-refractivity contribution < 1.29 is 9.13 Å². The molecule has 0 aliphatic rings. The average molecular weight is 377 g/mol. The number of ether oxygens (including phenoxy) is 1. The first-order valence-corrected chi connectivity index (χ1v) is 8.36. The summed E-state index contributed by atoms with van der Waals surface area (Å²) in [6, 6.07) is 4.58. The van der Waals surface area contributed by atoms with Gasteiger partial charge in [0.1, 0.15) is 5.82 Å². The summed E-state index contributed by atoms with van der Waals surface area (Å²) in [6.07, 6.45) is 3.82. The van der Waals surface area contributed by atoms with Crippen LogP contribution >= 0.6 is 11.6 Å². The van der Waals surface area contributed by atoms with E-state index < -0.39 is 0 Å². The molecule has 1 N–H and O–H groups in total. The summed E-state index contributed by atoms with van der Waals surface area (Å²) in [5, 5.41) is 7.67. The number of hydrogen-bond acceptors (Lipinski definition) is 6. The van der Waals surface area contributed by atoms with Gasteiger partial charge in [-0.15, -0.1) is 0 Å². The highest BCUT2D eigenvalue weighted by Gasteiger charge is 2.16. The van der Waals surface area contributed by atoms with E-state index in [1.54, 1.807) is 43.4 Å². The maximum absolute atomic E-state index is 14.2. The van der Waals surface area contributed by atoms with E-state index in [2.05, 4.69) is 25.4 Å². The van der Waals surface area contributed by atoms with E-state index in [0.29, 0.717) is 46.8 Å². The lowest BCUT2D eigenvalue weighted by Gasteiger charge is -2.09. The second-order valence-electron chi connectivity index (χ2n) is 5.50. The molecule has 0 radical (unpaired) electrons. The molecule has 0 saturated carbocycles. The van der Waals surface area contributed by atoms with Gasteiger partial charge in [-0.1, -0.05) is 17.7 Å². The molecule has 7 nitrogen and oxygen atoms in total. The Morgan fingerprint density at radius 1 is 1.27 bits per heavy atom. The Labute approximate surface area is 155 Å². The molecule has 0 unspecified atom stereocenters. The highest BCUT2D eigenvalue weighted by atomic mass is 35.5. The summed E-state index contributed by atoms with van der Waals surface area (Å²) in [6.45, 7) is 0.633. The van der Waals surface area contributed by atoms with E-state index in [9.17, 15) is 4.39 Å². The van der Waals surface area contributed by atoms with Crippen molar-refractivity contribution in [3.05, 3.63) is 52.8 Å². The van der Waals surface area contributed by atoms with E-state index in [1.165, 1.54) is 6.07 Å². The van der Waals surface area contributed by atoms with Crippen LogP contribution in [0, 0.1) is 5.82 Å². The molecule has 2 aromatic heterocycles. The smallest absolute Gasteiger partial charge is 0.222 e. The molecule has 1 aromatic carbocycles. The van der Waals surface area contributed by atoms with Crippen molar-refractivity contribution in [2.45, 2.75) is 13.0 Å². The molecule has 136 valence electrons. The van der Waals surface area contributed by atoms with Crippen molar-refractivity contribution in [3.8, 4) is 11.4 Å². The van der Waals surface area contributed by atoms with E-state index in [4.69, 9.17) is 16.3 Å². The van der Waals surface area contributed by atoms with Crippen molar-refractivity contribution in [3.63, 3.8) is 0 Å². The zero-order valence-electron chi connectivity index (χ0n) is 14.4. The van der Waals surface area contributed by atoms with Gasteiger partial charge in [0, 0.05) is 43.6 Å². The minimum absolute atomic E-state index is 0.147. The second-order valence-corrected chi connectivity index (χ2v) is 5.90. The number of halogens is 2. The molecule has 3 rings (SSSR count). The molecule has 0 fully saturated rings. The van der Waals surface area contributed by atoms with Crippen molar-refractivity contribution >= 4 is 17.5 Å². The number of methoxy groups -OCH3 is 1.